The fourth-order valence-electron chi connectivity index (χ4n) is 2.87. The van der Waals surface area contributed by atoms with E-state index >= 15 is 0 Å². The van der Waals surface area contributed by atoms with Crippen LogP contribution in [-0.2, 0) is 13.1 Å². The van der Waals surface area contributed by atoms with Crippen LogP contribution in [0.4, 0.5) is 8.78 Å². The van der Waals surface area contributed by atoms with Gasteiger partial charge in [0.15, 0.2) is 5.96 Å². The molecular formula is C23H31F2IN4O3. The maximum absolute atomic E-state index is 12.8. The predicted molar refractivity (Wildman–Crippen MR) is 136 cm³/mol. The molecule has 0 aliphatic carbocycles. The van der Waals surface area contributed by atoms with Gasteiger partial charge in [-0.3, -0.25) is 9.79 Å². The average Bonchev–Trinajstić information content (AvgIpc) is 2.78. The highest BCUT2D eigenvalue weighted by Crippen LogP contribution is 2.26. The average molecular weight is 576 g/mol. The van der Waals surface area contributed by atoms with Crippen molar-refractivity contribution in [2.45, 2.75) is 40.0 Å². The maximum atomic E-state index is 12.8. The Kier molecular flexibility index (Phi) is 13.1. The quantitative estimate of drug-likeness (QED) is 0.211. The molecule has 33 heavy (non-hydrogen) atoms. The summed E-state index contributed by atoms with van der Waals surface area (Å²) in [5.41, 5.74) is 2.01. The second-order valence-electron chi connectivity index (χ2n) is 6.84. The monoisotopic (exact) mass is 576 g/mol. The lowest BCUT2D eigenvalue weighted by molar-refractivity contribution is -0.0505. The minimum absolute atomic E-state index is 0. The van der Waals surface area contributed by atoms with Crippen LogP contribution >= 0.6 is 24.0 Å². The zero-order chi connectivity index (χ0) is 23.3. The summed E-state index contributed by atoms with van der Waals surface area (Å²) in [6.45, 7) is 2.58. The Hall–Kier alpha value is -2.63. The van der Waals surface area contributed by atoms with Gasteiger partial charge >= 0.3 is 6.61 Å². The van der Waals surface area contributed by atoms with Gasteiger partial charge in [0.1, 0.15) is 11.5 Å². The molecule has 182 valence electrons. The first-order chi connectivity index (χ1) is 15.5. The van der Waals surface area contributed by atoms with Gasteiger partial charge in [-0.25, -0.2) is 0 Å². The molecule has 0 aromatic heterocycles. The number of ether oxygens (including phenoxy) is 2. The van der Waals surface area contributed by atoms with Crippen LogP contribution in [0.5, 0.6) is 11.5 Å². The van der Waals surface area contributed by atoms with E-state index in [0.717, 1.165) is 12.0 Å². The lowest BCUT2D eigenvalue weighted by Crippen LogP contribution is -2.36. The van der Waals surface area contributed by atoms with E-state index in [1.54, 1.807) is 31.3 Å². The van der Waals surface area contributed by atoms with Gasteiger partial charge < -0.3 is 25.4 Å². The Morgan fingerprint density at radius 1 is 1.06 bits per heavy atom. The third-order valence-electron chi connectivity index (χ3n) is 4.38. The topological polar surface area (TPSA) is 84.0 Å². The number of carbonyl (C=O) groups excluding carboxylic acids is 1. The number of nitrogens with one attached hydrogen (secondary N) is 3. The van der Waals surface area contributed by atoms with Crippen molar-refractivity contribution in [3.05, 3.63) is 59.2 Å². The molecule has 0 aliphatic heterocycles. The number of hydrogen-bond acceptors (Lipinski definition) is 4. The SMILES string of the molecule is CCCOc1ccc(CNC(=NC)NCc2cccc(C(=O)NCC)c2)c(OC(F)F)c1.I. The highest BCUT2D eigenvalue weighted by Gasteiger charge is 2.12. The van der Waals surface area contributed by atoms with Crippen LogP contribution in [0.2, 0.25) is 0 Å². The van der Waals surface area contributed by atoms with E-state index in [-0.39, 0.29) is 42.2 Å². The summed E-state index contributed by atoms with van der Waals surface area (Å²) in [5, 5.41) is 9.00. The number of hydrogen-bond donors (Lipinski definition) is 3. The number of alkyl halides is 2. The van der Waals surface area contributed by atoms with Gasteiger partial charge in [0.25, 0.3) is 5.91 Å². The number of aliphatic imine (C=N–C) groups is 1. The summed E-state index contributed by atoms with van der Waals surface area (Å²) in [6, 6.07) is 12.1. The second-order valence-corrected chi connectivity index (χ2v) is 6.84. The maximum Gasteiger partial charge on any atom is 0.387 e. The number of nitrogens with zero attached hydrogens (tertiary/aromatic N) is 1. The van der Waals surface area contributed by atoms with Crippen molar-refractivity contribution >= 4 is 35.8 Å². The molecule has 0 unspecified atom stereocenters. The van der Waals surface area contributed by atoms with Crippen molar-refractivity contribution in [2.75, 3.05) is 20.2 Å². The molecule has 2 aromatic carbocycles. The van der Waals surface area contributed by atoms with Crippen LogP contribution in [0, 0.1) is 0 Å². The van der Waals surface area contributed by atoms with E-state index in [1.807, 2.05) is 26.0 Å². The van der Waals surface area contributed by atoms with E-state index in [2.05, 4.69) is 25.7 Å². The highest BCUT2D eigenvalue weighted by atomic mass is 127. The molecule has 0 radical (unpaired) electrons. The summed E-state index contributed by atoms with van der Waals surface area (Å²) in [4.78, 5) is 16.2. The lowest BCUT2D eigenvalue weighted by Gasteiger charge is -2.16. The van der Waals surface area contributed by atoms with E-state index in [0.29, 0.717) is 42.5 Å². The molecule has 1 amide bonds. The molecule has 0 fully saturated rings. The van der Waals surface area contributed by atoms with Crippen molar-refractivity contribution in [3.8, 4) is 11.5 Å². The number of rotatable bonds is 11. The molecule has 0 atom stereocenters. The molecule has 7 nitrogen and oxygen atoms in total. The van der Waals surface area contributed by atoms with Gasteiger partial charge in [0.05, 0.1) is 6.61 Å². The smallest absolute Gasteiger partial charge is 0.387 e. The first-order valence-electron chi connectivity index (χ1n) is 10.5. The third-order valence-corrected chi connectivity index (χ3v) is 4.38. The Morgan fingerprint density at radius 3 is 2.48 bits per heavy atom. The minimum atomic E-state index is -2.94. The van der Waals surface area contributed by atoms with Gasteiger partial charge in [0, 0.05) is 43.9 Å². The van der Waals surface area contributed by atoms with Crippen LogP contribution < -0.4 is 25.4 Å². The Morgan fingerprint density at radius 2 is 1.82 bits per heavy atom. The highest BCUT2D eigenvalue weighted by molar-refractivity contribution is 14.0. The molecule has 0 bridgehead atoms. The Labute approximate surface area is 210 Å². The van der Waals surface area contributed by atoms with Crippen LogP contribution in [0.25, 0.3) is 0 Å². The van der Waals surface area contributed by atoms with Gasteiger partial charge in [-0.2, -0.15) is 8.78 Å². The van der Waals surface area contributed by atoms with Gasteiger partial charge in [-0.15, -0.1) is 24.0 Å². The van der Waals surface area contributed by atoms with Gasteiger partial charge in [-0.05, 0) is 43.2 Å². The van der Waals surface area contributed by atoms with Crippen LogP contribution in [0.3, 0.4) is 0 Å². The summed E-state index contributed by atoms with van der Waals surface area (Å²) in [5.74, 6) is 0.865. The minimum Gasteiger partial charge on any atom is -0.493 e. The summed E-state index contributed by atoms with van der Waals surface area (Å²) in [7, 11) is 1.61. The van der Waals surface area contributed by atoms with Crippen molar-refractivity contribution in [2.24, 2.45) is 4.99 Å². The number of carbonyl (C=O) groups is 1. The molecule has 0 heterocycles. The Balaban J connectivity index is 0.00000544. The first-order valence-corrected chi connectivity index (χ1v) is 10.5. The predicted octanol–water partition coefficient (Wildman–Crippen LogP) is 4.31. The number of guanidine groups is 1. The molecule has 2 rings (SSSR count). The number of benzene rings is 2. The zero-order valence-electron chi connectivity index (χ0n) is 19.0. The van der Waals surface area contributed by atoms with E-state index in [1.165, 1.54) is 6.07 Å². The Bertz CT molecular complexity index is 913. The van der Waals surface area contributed by atoms with Crippen molar-refractivity contribution in [1.29, 1.82) is 0 Å². The van der Waals surface area contributed by atoms with Crippen molar-refractivity contribution in [3.63, 3.8) is 0 Å². The third kappa shape index (κ3) is 9.80. The molecular weight excluding hydrogens is 545 g/mol. The molecule has 0 saturated carbocycles. The molecule has 3 N–H and O–H groups in total. The van der Waals surface area contributed by atoms with Crippen molar-refractivity contribution in [1.82, 2.24) is 16.0 Å². The molecule has 2 aromatic rings. The van der Waals surface area contributed by atoms with E-state index < -0.39 is 6.61 Å². The number of halogens is 3. The van der Waals surface area contributed by atoms with Crippen molar-refractivity contribution < 1.29 is 23.0 Å². The van der Waals surface area contributed by atoms with Crippen LogP contribution in [0.1, 0.15) is 41.8 Å². The number of amides is 1. The fraction of sp³-hybridized carbons (Fsp3) is 0.391. The summed E-state index contributed by atoms with van der Waals surface area (Å²) in [6.07, 6.45) is 0.808. The summed E-state index contributed by atoms with van der Waals surface area (Å²) >= 11 is 0. The summed E-state index contributed by atoms with van der Waals surface area (Å²) < 4.78 is 35.9. The molecule has 0 spiro atoms. The van der Waals surface area contributed by atoms with E-state index in [9.17, 15) is 13.6 Å². The molecule has 0 saturated heterocycles. The van der Waals surface area contributed by atoms with Gasteiger partial charge in [0.2, 0.25) is 0 Å². The molecule has 0 aliphatic rings. The van der Waals surface area contributed by atoms with E-state index in [4.69, 9.17) is 4.74 Å². The van der Waals surface area contributed by atoms with Crippen LogP contribution in [-0.4, -0.2) is 38.7 Å². The normalized spacial score (nSPS) is 10.9. The zero-order valence-corrected chi connectivity index (χ0v) is 21.3. The first kappa shape index (κ1) is 28.4. The fourth-order valence-corrected chi connectivity index (χ4v) is 2.87. The standard InChI is InChI=1S/C23H30F2N4O3.HI/c1-4-11-31-19-10-9-18(20(13-19)32-22(24)25)15-29-23(26-3)28-14-16-7-6-8-17(12-16)21(30)27-5-2;/h6-10,12-13,22H,4-5,11,14-15H2,1-3H3,(H,27,30)(H2,26,28,29);1H. The van der Waals surface area contributed by atoms with Gasteiger partial charge in [-0.1, -0.05) is 19.1 Å². The second kappa shape index (κ2) is 15.3. The lowest BCUT2D eigenvalue weighted by atomic mass is 10.1. The molecule has 10 heteroatoms. The van der Waals surface area contributed by atoms with Crippen LogP contribution in [0.15, 0.2) is 47.5 Å². The largest absolute Gasteiger partial charge is 0.493 e.